The van der Waals surface area contributed by atoms with Crippen molar-refractivity contribution in [3.63, 3.8) is 0 Å². The largest absolute Gasteiger partial charge is 0.487 e. The Morgan fingerprint density at radius 2 is 1.90 bits per heavy atom. The van der Waals surface area contributed by atoms with Crippen LogP contribution >= 0.6 is 11.6 Å². The molecule has 0 atom stereocenters. The van der Waals surface area contributed by atoms with Gasteiger partial charge in [-0.3, -0.25) is 4.79 Å². The van der Waals surface area contributed by atoms with Crippen LogP contribution in [0.25, 0.3) is 0 Å². The second-order valence-corrected chi connectivity index (χ2v) is 5.08. The lowest BCUT2D eigenvalue weighted by atomic mass is 10.1. The van der Waals surface area contributed by atoms with Crippen molar-refractivity contribution in [1.82, 2.24) is 0 Å². The van der Waals surface area contributed by atoms with Gasteiger partial charge in [-0.2, -0.15) is 0 Å². The number of hydrogen-bond acceptors (Lipinski definition) is 2. The van der Waals surface area contributed by atoms with Gasteiger partial charge in [0.25, 0.3) is 5.91 Å². The maximum absolute atomic E-state index is 11.5. The molecule has 0 radical (unpaired) electrons. The Bertz CT molecular complexity index is 705. The number of carbonyl (C=O) groups is 1. The van der Waals surface area contributed by atoms with Gasteiger partial charge in [0, 0.05) is 11.8 Å². The summed E-state index contributed by atoms with van der Waals surface area (Å²) in [5.41, 5.74) is 3.44. The minimum Gasteiger partial charge on any atom is -0.487 e. The van der Waals surface area contributed by atoms with E-state index in [4.69, 9.17) is 16.3 Å². The highest BCUT2D eigenvalue weighted by Gasteiger charge is 2.21. The van der Waals surface area contributed by atoms with Crippen LogP contribution in [0.15, 0.2) is 41.4 Å². The van der Waals surface area contributed by atoms with E-state index in [1.165, 1.54) is 11.8 Å². The number of nitrogens with zero attached hydrogens (tertiary/aromatic N) is 1. The van der Waals surface area contributed by atoms with Gasteiger partial charge in [0.15, 0.2) is 0 Å². The zero-order valence-electron chi connectivity index (χ0n) is 10.9. The fraction of sp³-hybridized carbons (Fsp3) is 0.125. The predicted molar refractivity (Wildman–Crippen MR) is 78.9 cm³/mol. The summed E-state index contributed by atoms with van der Waals surface area (Å²) in [6.45, 7) is 2.44. The number of rotatable bonds is 3. The average molecular weight is 286 g/mol. The van der Waals surface area contributed by atoms with E-state index in [0.717, 1.165) is 5.56 Å². The third-order valence-corrected chi connectivity index (χ3v) is 3.49. The van der Waals surface area contributed by atoms with Gasteiger partial charge in [0.1, 0.15) is 12.4 Å². The Hall–Kier alpha value is -2.13. The van der Waals surface area contributed by atoms with Crippen molar-refractivity contribution in [2.75, 3.05) is 0 Å². The Labute approximate surface area is 121 Å². The zero-order chi connectivity index (χ0) is 14.1. The minimum absolute atomic E-state index is 0.253. The summed E-state index contributed by atoms with van der Waals surface area (Å²) in [5, 5.41) is 0.483. The first kappa shape index (κ1) is 12.9. The van der Waals surface area contributed by atoms with Gasteiger partial charge >= 0.3 is 0 Å². The smallest absolute Gasteiger partial charge is 0.277 e. The number of amides is 1. The molecule has 0 saturated heterocycles. The second kappa shape index (κ2) is 5.10. The van der Waals surface area contributed by atoms with Gasteiger partial charge < -0.3 is 4.74 Å². The number of aryl methyl sites for hydroxylation is 1. The predicted octanol–water partition coefficient (Wildman–Crippen LogP) is 3.80. The van der Waals surface area contributed by atoms with Crippen LogP contribution in [0, 0.1) is 6.92 Å². The Morgan fingerprint density at radius 1 is 1.15 bits per heavy atom. The van der Waals surface area contributed by atoms with Crippen LogP contribution < -0.4 is 4.74 Å². The van der Waals surface area contributed by atoms with E-state index in [9.17, 15) is 4.79 Å². The van der Waals surface area contributed by atoms with Gasteiger partial charge in [0.2, 0.25) is 0 Å². The summed E-state index contributed by atoms with van der Waals surface area (Å²) < 4.78 is 5.78. The molecule has 0 N–H and O–H groups in total. The monoisotopic (exact) mass is 285 g/mol. The van der Waals surface area contributed by atoms with Gasteiger partial charge in [-0.15, -0.1) is 0 Å². The molecule has 20 heavy (non-hydrogen) atoms. The van der Waals surface area contributed by atoms with Gasteiger partial charge in [-0.05, 0) is 24.6 Å². The highest BCUT2D eigenvalue weighted by Crippen LogP contribution is 2.33. The molecule has 0 unspecified atom stereocenters. The highest BCUT2D eigenvalue weighted by molar-refractivity contribution is 6.33. The Balaban J connectivity index is 1.86. The van der Waals surface area contributed by atoms with E-state index < -0.39 is 0 Å². The molecule has 4 heteroatoms. The zero-order valence-corrected chi connectivity index (χ0v) is 11.6. The molecule has 0 aliphatic carbocycles. The van der Waals surface area contributed by atoms with Crippen LogP contribution in [-0.4, -0.2) is 12.1 Å². The number of carbonyl (C=O) groups excluding carboxylic acids is 1. The van der Waals surface area contributed by atoms with Gasteiger partial charge in [-0.1, -0.05) is 41.4 Å². The maximum atomic E-state index is 11.5. The molecule has 0 spiro atoms. The standard InChI is InChI=1S/C16H12ClNO2/c1-10-2-4-11(5-3-10)9-20-15-13-8-18-16(19)12(13)6-7-14(15)17/h2-8H,9H2,1H3. The normalized spacial score (nSPS) is 12.6. The first-order chi connectivity index (χ1) is 9.65. The number of halogens is 1. The topological polar surface area (TPSA) is 38.7 Å². The molecule has 2 aromatic rings. The fourth-order valence-electron chi connectivity index (χ4n) is 2.07. The number of hydrogen-bond donors (Lipinski definition) is 0. The molecular weight excluding hydrogens is 274 g/mol. The molecule has 0 fully saturated rings. The summed E-state index contributed by atoms with van der Waals surface area (Å²) in [5.74, 6) is 0.260. The van der Waals surface area contributed by atoms with Crippen LogP contribution in [0.1, 0.15) is 27.0 Å². The van der Waals surface area contributed by atoms with Crippen LogP contribution in [0.3, 0.4) is 0 Å². The quantitative estimate of drug-likeness (QED) is 0.860. The number of fused-ring (bicyclic) bond motifs is 1. The lowest BCUT2D eigenvalue weighted by Crippen LogP contribution is -2.01. The number of ether oxygens (including phenoxy) is 1. The summed E-state index contributed by atoms with van der Waals surface area (Å²) in [6.07, 6.45) is 1.51. The first-order valence-corrected chi connectivity index (χ1v) is 6.62. The van der Waals surface area contributed by atoms with Crippen molar-refractivity contribution >= 4 is 23.7 Å². The van der Waals surface area contributed by atoms with Crippen molar-refractivity contribution in [2.45, 2.75) is 13.5 Å². The molecular formula is C16H12ClNO2. The van der Waals surface area contributed by atoms with Gasteiger partial charge in [-0.25, -0.2) is 4.99 Å². The lowest BCUT2D eigenvalue weighted by molar-refractivity contribution is 0.101. The Morgan fingerprint density at radius 3 is 2.65 bits per heavy atom. The number of benzene rings is 2. The van der Waals surface area contributed by atoms with Crippen LogP contribution in [-0.2, 0) is 6.61 Å². The van der Waals surface area contributed by atoms with Crippen molar-refractivity contribution in [3.8, 4) is 5.75 Å². The molecule has 0 saturated carbocycles. The summed E-state index contributed by atoms with van der Waals surface area (Å²) in [6, 6.07) is 11.4. The van der Waals surface area contributed by atoms with Gasteiger partial charge in [0.05, 0.1) is 10.6 Å². The summed E-state index contributed by atoms with van der Waals surface area (Å²) in [7, 11) is 0. The van der Waals surface area contributed by atoms with Crippen molar-refractivity contribution in [1.29, 1.82) is 0 Å². The number of aliphatic imine (C=N–C) groups is 1. The van der Waals surface area contributed by atoms with E-state index in [2.05, 4.69) is 4.99 Å². The first-order valence-electron chi connectivity index (χ1n) is 6.24. The maximum Gasteiger partial charge on any atom is 0.277 e. The van der Waals surface area contributed by atoms with Crippen LogP contribution in [0.5, 0.6) is 5.75 Å². The molecule has 1 aliphatic rings. The summed E-state index contributed by atoms with van der Waals surface area (Å²) in [4.78, 5) is 15.3. The molecule has 1 aliphatic heterocycles. The Kier molecular flexibility index (Phi) is 3.28. The third-order valence-electron chi connectivity index (χ3n) is 3.19. The van der Waals surface area contributed by atoms with Crippen molar-refractivity contribution in [2.24, 2.45) is 4.99 Å². The minimum atomic E-state index is -0.253. The van der Waals surface area contributed by atoms with E-state index in [1.54, 1.807) is 12.1 Å². The van der Waals surface area contributed by atoms with Crippen LogP contribution in [0.4, 0.5) is 0 Å². The second-order valence-electron chi connectivity index (χ2n) is 4.68. The van der Waals surface area contributed by atoms with Crippen LogP contribution in [0.2, 0.25) is 5.02 Å². The molecule has 1 heterocycles. The van der Waals surface area contributed by atoms with E-state index in [1.807, 2.05) is 31.2 Å². The van der Waals surface area contributed by atoms with Crippen molar-refractivity contribution in [3.05, 3.63) is 63.7 Å². The van der Waals surface area contributed by atoms with E-state index in [0.29, 0.717) is 28.5 Å². The fourth-order valence-corrected chi connectivity index (χ4v) is 2.29. The third kappa shape index (κ3) is 2.32. The lowest BCUT2D eigenvalue weighted by Gasteiger charge is -2.11. The molecule has 0 bridgehead atoms. The molecule has 3 nitrogen and oxygen atoms in total. The van der Waals surface area contributed by atoms with E-state index >= 15 is 0 Å². The molecule has 100 valence electrons. The van der Waals surface area contributed by atoms with Crippen molar-refractivity contribution < 1.29 is 9.53 Å². The SMILES string of the molecule is Cc1ccc(COc2c(Cl)ccc3c2C=NC3=O)cc1. The molecule has 3 rings (SSSR count). The molecule has 2 aromatic carbocycles. The average Bonchev–Trinajstić information content (AvgIpc) is 2.81. The highest BCUT2D eigenvalue weighted by atomic mass is 35.5. The molecule has 1 amide bonds. The summed E-state index contributed by atoms with van der Waals surface area (Å²) >= 11 is 6.15. The molecule has 0 aromatic heterocycles. The van der Waals surface area contributed by atoms with E-state index in [-0.39, 0.29) is 5.91 Å².